The molecular formula is C19H28N4O2. The maximum atomic E-state index is 12.0. The molecule has 0 aromatic carbocycles. The summed E-state index contributed by atoms with van der Waals surface area (Å²) in [5, 5.41) is 6.47. The molecule has 1 aromatic heterocycles. The van der Waals surface area contributed by atoms with E-state index in [-0.39, 0.29) is 18.7 Å². The van der Waals surface area contributed by atoms with Crippen LogP contribution in [0.15, 0.2) is 12.1 Å². The van der Waals surface area contributed by atoms with E-state index in [4.69, 9.17) is 9.72 Å². The molecule has 1 amide bonds. The lowest BCUT2D eigenvalue weighted by Gasteiger charge is -2.37. The van der Waals surface area contributed by atoms with E-state index in [0.717, 1.165) is 43.9 Å². The van der Waals surface area contributed by atoms with Crippen LogP contribution in [0.3, 0.4) is 0 Å². The summed E-state index contributed by atoms with van der Waals surface area (Å²) in [5.74, 6) is 1.08. The third-order valence-corrected chi connectivity index (χ3v) is 5.68. The average molecular weight is 344 g/mol. The molecule has 25 heavy (non-hydrogen) atoms. The highest BCUT2D eigenvalue weighted by Gasteiger charge is 2.36. The zero-order valence-corrected chi connectivity index (χ0v) is 15.0. The van der Waals surface area contributed by atoms with Crippen molar-refractivity contribution in [3.8, 4) is 0 Å². The van der Waals surface area contributed by atoms with E-state index >= 15 is 0 Å². The van der Waals surface area contributed by atoms with Crippen LogP contribution in [0, 0.1) is 0 Å². The minimum atomic E-state index is -0.317. The SMILES string of the molecule is CC1CNCC2Cc3ccc(COC(=O)NC4CCCCC4)nc3N12. The number of rotatable bonds is 3. The van der Waals surface area contributed by atoms with Gasteiger partial charge in [-0.3, -0.25) is 0 Å². The summed E-state index contributed by atoms with van der Waals surface area (Å²) >= 11 is 0. The fourth-order valence-corrected chi connectivity index (χ4v) is 4.40. The number of piperazine rings is 1. The van der Waals surface area contributed by atoms with Gasteiger partial charge in [-0.25, -0.2) is 9.78 Å². The van der Waals surface area contributed by atoms with Crippen molar-refractivity contribution in [2.45, 2.75) is 70.2 Å². The molecular weight excluding hydrogens is 316 g/mol. The van der Waals surface area contributed by atoms with E-state index in [1.54, 1.807) is 0 Å². The summed E-state index contributed by atoms with van der Waals surface area (Å²) < 4.78 is 5.41. The van der Waals surface area contributed by atoms with Crippen LogP contribution in [-0.2, 0) is 17.8 Å². The van der Waals surface area contributed by atoms with Crippen LogP contribution in [0.4, 0.5) is 10.6 Å². The van der Waals surface area contributed by atoms with Gasteiger partial charge < -0.3 is 20.3 Å². The Morgan fingerprint density at radius 2 is 2.16 bits per heavy atom. The minimum absolute atomic E-state index is 0.233. The van der Waals surface area contributed by atoms with Crippen molar-refractivity contribution in [2.75, 3.05) is 18.0 Å². The number of ether oxygens (including phenoxy) is 1. The van der Waals surface area contributed by atoms with Crippen LogP contribution < -0.4 is 15.5 Å². The maximum Gasteiger partial charge on any atom is 0.407 e. The van der Waals surface area contributed by atoms with E-state index in [2.05, 4.69) is 28.5 Å². The standard InChI is InChI=1S/C19H28N4O2/c1-13-10-20-11-17-9-14-7-8-16(21-18(14)23(13)17)12-25-19(24)22-15-5-3-2-4-6-15/h7-8,13,15,17,20H,2-6,9-12H2,1H3,(H,22,24). The van der Waals surface area contributed by atoms with Crippen LogP contribution in [0.2, 0.25) is 0 Å². The van der Waals surface area contributed by atoms with Gasteiger partial charge in [-0.15, -0.1) is 0 Å². The number of aromatic nitrogens is 1. The van der Waals surface area contributed by atoms with Gasteiger partial charge in [-0.2, -0.15) is 0 Å². The number of nitrogens with zero attached hydrogens (tertiary/aromatic N) is 2. The highest BCUT2D eigenvalue weighted by atomic mass is 16.5. The van der Waals surface area contributed by atoms with Gasteiger partial charge in [0.05, 0.1) is 5.69 Å². The van der Waals surface area contributed by atoms with Crippen LogP contribution in [0.5, 0.6) is 0 Å². The van der Waals surface area contributed by atoms with Crippen molar-refractivity contribution < 1.29 is 9.53 Å². The third-order valence-electron chi connectivity index (χ3n) is 5.68. The first-order valence-electron chi connectivity index (χ1n) is 9.62. The second-order valence-corrected chi connectivity index (χ2v) is 7.61. The number of hydrogen-bond donors (Lipinski definition) is 2. The van der Waals surface area contributed by atoms with Gasteiger partial charge in [-0.05, 0) is 37.8 Å². The van der Waals surface area contributed by atoms with Crippen molar-refractivity contribution in [1.29, 1.82) is 0 Å². The number of alkyl carbamates (subject to hydrolysis) is 1. The molecule has 136 valence electrons. The Morgan fingerprint density at radius 1 is 1.32 bits per heavy atom. The highest BCUT2D eigenvalue weighted by molar-refractivity contribution is 5.67. The van der Waals surface area contributed by atoms with Gasteiger partial charge >= 0.3 is 6.09 Å². The smallest absolute Gasteiger partial charge is 0.407 e. The van der Waals surface area contributed by atoms with Gasteiger partial charge in [-0.1, -0.05) is 25.3 Å². The predicted molar refractivity (Wildman–Crippen MR) is 96.7 cm³/mol. The Balaban J connectivity index is 1.36. The van der Waals surface area contributed by atoms with Gasteiger partial charge in [0.25, 0.3) is 0 Å². The van der Waals surface area contributed by atoms with Crippen LogP contribution in [-0.4, -0.2) is 42.3 Å². The number of carbonyl (C=O) groups excluding carboxylic acids is 1. The molecule has 3 aliphatic rings. The van der Waals surface area contributed by atoms with Crippen LogP contribution in [0.25, 0.3) is 0 Å². The fraction of sp³-hybridized carbons (Fsp3) is 0.684. The quantitative estimate of drug-likeness (QED) is 0.881. The van der Waals surface area contributed by atoms with Crippen molar-refractivity contribution in [3.05, 3.63) is 23.4 Å². The molecule has 4 rings (SSSR count). The summed E-state index contributed by atoms with van der Waals surface area (Å²) in [7, 11) is 0. The van der Waals surface area contributed by atoms with E-state index < -0.39 is 0 Å². The summed E-state index contributed by atoms with van der Waals surface area (Å²) in [6, 6.07) is 5.35. The molecule has 1 aliphatic carbocycles. The summed E-state index contributed by atoms with van der Waals surface area (Å²) in [6.07, 6.45) is 6.52. The normalized spacial score (nSPS) is 26.0. The highest BCUT2D eigenvalue weighted by Crippen LogP contribution is 2.33. The lowest BCUT2D eigenvalue weighted by molar-refractivity contribution is 0.131. The van der Waals surface area contributed by atoms with Gasteiger partial charge in [0, 0.05) is 31.2 Å². The number of nitrogens with one attached hydrogen (secondary N) is 2. The van der Waals surface area contributed by atoms with Crippen molar-refractivity contribution in [1.82, 2.24) is 15.6 Å². The Bertz CT molecular complexity index is 630. The molecule has 2 N–H and O–H groups in total. The van der Waals surface area contributed by atoms with E-state index in [0.29, 0.717) is 12.1 Å². The zero-order chi connectivity index (χ0) is 17.2. The summed E-state index contributed by atoms with van der Waals surface area (Å²) in [6.45, 7) is 4.46. The first-order valence-corrected chi connectivity index (χ1v) is 9.62. The summed E-state index contributed by atoms with van der Waals surface area (Å²) in [4.78, 5) is 19.2. The Kier molecular flexibility index (Phi) is 4.79. The average Bonchev–Trinajstić information content (AvgIpc) is 3.00. The van der Waals surface area contributed by atoms with E-state index in [1.165, 1.54) is 24.8 Å². The molecule has 3 heterocycles. The molecule has 2 unspecified atom stereocenters. The molecule has 2 aliphatic heterocycles. The van der Waals surface area contributed by atoms with Crippen LogP contribution >= 0.6 is 0 Å². The van der Waals surface area contributed by atoms with Crippen LogP contribution in [0.1, 0.15) is 50.3 Å². The second kappa shape index (κ2) is 7.20. The minimum Gasteiger partial charge on any atom is -0.443 e. The number of anilines is 1. The third kappa shape index (κ3) is 3.59. The number of amides is 1. The van der Waals surface area contributed by atoms with E-state index in [1.807, 2.05) is 6.07 Å². The molecule has 1 saturated carbocycles. The number of hydrogen-bond acceptors (Lipinski definition) is 5. The van der Waals surface area contributed by atoms with Crippen molar-refractivity contribution in [2.24, 2.45) is 0 Å². The largest absolute Gasteiger partial charge is 0.443 e. The molecule has 2 fully saturated rings. The Labute approximate surface area is 149 Å². The molecule has 6 nitrogen and oxygen atoms in total. The lowest BCUT2D eigenvalue weighted by atomic mass is 9.96. The second-order valence-electron chi connectivity index (χ2n) is 7.61. The van der Waals surface area contributed by atoms with E-state index in [9.17, 15) is 4.79 Å². The maximum absolute atomic E-state index is 12.0. The Hall–Kier alpha value is -1.82. The van der Waals surface area contributed by atoms with Gasteiger partial charge in [0.2, 0.25) is 0 Å². The molecule has 2 atom stereocenters. The Morgan fingerprint density at radius 3 is 3.00 bits per heavy atom. The number of fused-ring (bicyclic) bond motifs is 3. The molecule has 6 heteroatoms. The molecule has 0 spiro atoms. The number of pyridine rings is 1. The molecule has 1 aromatic rings. The topological polar surface area (TPSA) is 66.5 Å². The molecule has 0 bridgehead atoms. The zero-order valence-electron chi connectivity index (χ0n) is 15.0. The first kappa shape index (κ1) is 16.6. The lowest BCUT2D eigenvalue weighted by Crippen LogP contribution is -2.55. The predicted octanol–water partition coefficient (Wildman–Crippen LogP) is 2.36. The molecule has 0 radical (unpaired) electrons. The first-order chi connectivity index (χ1) is 12.2. The molecule has 1 saturated heterocycles. The monoisotopic (exact) mass is 344 g/mol. The van der Waals surface area contributed by atoms with Crippen molar-refractivity contribution >= 4 is 11.9 Å². The van der Waals surface area contributed by atoms with Crippen molar-refractivity contribution in [3.63, 3.8) is 0 Å². The number of carbonyl (C=O) groups is 1. The fourth-order valence-electron chi connectivity index (χ4n) is 4.40. The van der Waals surface area contributed by atoms with Gasteiger partial charge in [0.15, 0.2) is 0 Å². The van der Waals surface area contributed by atoms with Gasteiger partial charge in [0.1, 0.15) is 12.4 Å². The summed E-state index contributed by atoms with van der Waals surface area (Å²) in [5.41, 5.74) is 2.12.